The molecule has 18 heavy (non-hydrogen) atoms. The summed E-state index contributed by atoms with van der Waals surface area (Å²) in [5.74, 6) is 0.0240. The molecule has 0 N–H and O–H groups in total. The van der Waals surface area contributed by atoms with Crippen molar-refractivity contribution in [2.24, 2.45) is 0 Å². The third-order valence-electron chi connectivity index (χ3n) is 2.56. The molecule has 0 saturated carbocycles. The molecule has 0 bridgehead atoms. The number of hydrogen-bond acceptors (Lipinski definition) is 5. The molecule has 1 aliphatic heterocycles. The Morgan fingerprint density at radius 1 is 1.50 bits per heavy atom. The van der Waals surface area contributed by atoms with E-state index >= 15 is 0 Å². The Bertz CT molecular complexity index is 587. The summed E-state index contributed by atoms with van der Waals surface area (Å²) in [4.78, 5) is 20.5. The van der Waals surface area contributed by atoms with E-state index in [0.717, 1.165) is 4.90 Å². The van der Waals surface area contributed by atoms with Gasteiger partial charge in [-0.3, -0.25) is 9.69 Å². The van der Waals surface area contributed by atoms with Gasteiger partial charge in [0.25, 0.3) is 0 Å². The quantitative estimate of drug-likeness (QED) is 0.596. The van der Waals surface area contributed by atoms with Crippen molar-refractivity contribution >= 4 is 33.5 Å². The Balaban J connectivity index is 2.32. The molecule has 1 amide bonds. The van der Waals surface area contributed by atoms with Crippen LogP contribution < -0.4 is 4.90 Å². The standard InChI is InChI=1S/C9H9ClFN3O3S/c1-5-12-7(10)3-8(13-5)14-4-6(2-9(14)15)18(11,16)17/h3,6H,2,4H2,1H3. The van der Waals surface area contributed by atoms with Crippen LogP contribution in [-0.2, 0) is 15.0 Å². The van der Waals surface area contributed by atoms with Crippen molar-refractivity contribution in [3.8, 4) is 0 Å². The van der Waals surface area contributed by atoms with Crippen molar-refractivity contribution < 1.29 is 17.1 Å². The second-order valence-electron chi connectivity index (χ2n) is 3.90. The van der Waals surface area contributed by atoms with Crippen molar-refractivity contribution in [2.75, 3.05) is 11.4 Å². The largest absolute Gasteiger partial charge is 0.307 e. The molecule has 1 fully saturated rings. The topological polar surface area (TPSA) is 80.2 Å². The third kappa shape index (κ3) is 2.59. The summed E-state index contributed by atoms with van der Waals surface area (Å²) in [6.07, 6.45) is -0.389. The lowest BCUT2D eigenvalue weighted by Crippen LogP contribution is -2.28. The second kappa shape index (κ2) is 4.43. The molecule has 2 heterocycles. The average Bonchev–Trinajstić information content (AvgIpc) is 2.58. The van der Waals surface area contributed by atoms with Crippen LogP contribution in [0.3, 0.4) is 0 Å². The zero-order valence-corrected chi connectivity index (χ0v) is 10.9. The monoisotopic (exact) mass is 293 g/mol. The van der Waals surface area contributed by atoms with Crippen LogP contribution in [0.15, 0.2) is 6.07 Å². The molecule has 6 nitrogen and oxygen atoms in total. The number of rotatable bonds is 2. The van der Waals surface area contributed by atoms with Crippen molar-refractivity contribution in [3.63, 3.8) is 0 Å². The van der Waals surface area contributed by atoms with Crippen LogP contribution in [0.4, 0.5) is 9.70 Å². The Morgan fingerprint density at radius 3 is 2.67 bits per heavy atom. The maximum absolute atomic E-state index is 12.8. The van der Waals surface area contributed by atoms with Crippen molar-refractivity contribution in [1.29, 1.82) is 0 Å². The predicted molar refractivity (Wildman–Crippen MR) is 62.6 cm³/mol. The van der Waals surface area contributed by atoms with Crippen LogP contribution >= 0.6 is 11.6 Å². The van der Waals surface area contributed by atoms with Crippen molar-refractivity contribution in [2.45, 2.75) is 18.6 Å². The number of halogens is 2. The van der Waals surface area contributed by atoms with Crippen LogP contribution in [0.5, 0.6) is 0 Å². The summed E-state index contributed by atoms with van der Waals surface area (Å²) < 4.78 is 34.4. The minimum absolute atomic E-state index is 0.136. The van der Waals surface area contributed by atoms with Gasteiger partial charge in [-0.25, -0.2) is 9.97 Å². The van der Waals surface area contributed by atoms with Gasteiger partial charge in [-0.2, -0.15) is 8.42 Å². The fourth-order valence-electron chi connectivity index (χ4n) is 1.74. The van der Waals surface area contributed by atoms with Gasteiger partial charge in [0.2, 0.25) is 5.91 Å². The molecule has 1 saturated heterocycles. The van der Waals surface area contributed by atoms with E-state index < -0.39 is 21.4 Å². The van der Waals surface area contributed by atoms with Crippen LogP contribution in [-0.4, -0.2) is 36.1 Å². The Kier molecular flexibility index (Phi) is 3.24. The van der Waals surface area contributed by atoms with Gasteiger partial charge in [-0.15, -0.1) is 3.89 Å². The van der Waals surface area contributed by atoms with Gasteiger partial charge in [0.05, 0.1) is 0 Å². The summed E-state index contributed by atoms with van der Waals surface area (Å²) in [6.45, 7) is 1.32. The fourth-order valence-corrected chi connectivity index (χ4v) is 2.63. The molecule has 1 aliphatic rings. The molecule has 0 radical (unpaired) electrons. The first-order valence-electron chi connectivity index (χ1n) is 5.02. The lowest BCUT2D eigenvalue weighted by Gasteiger charge is -2.15. The Labute approximate surface area is 108 Å². The van der Waals surface area contributed by atoms with E-state index in [1.54, 1.807) is 6.92 Å². The summed E-state index contributed by atoms with van der Waals surface area (Å²) in [7, 11) is -4.74. The zero-order valence-electron chi connectivity index (χ0n) is 9.30. The number of anilines is 1. The van der Waals surface area contributed by atoms with E-state index in [1.165, 1.54) is 6.07 Å². The van der Waals surface area contributed by atoms with E-state index in [2.05, 4.69) is 9.97 Å². The average molecular weight is 294 g/mol. The molecule has 0 aromatic carbocycles. The molecule has 98 valence electrons. The highest BCUT2D eigenvalue weighted by Gasteiger charge is 2.39. The van der Waals surface area contributed by atoms with Gasteiger partial charge in [0.15, 0.2) is 0 Å². The highest BCUT2D eigenvalue weighted by Crippen LogP contribution is 2.25. The van der Waals surface area contributed by atoms with Gasteiger partial charge in [-0.05, 0) is 6.92 Å². The maximum Gasteiger partial charge on any atom is 0.307 e. The number of hydrogen-bond donors (Lipinski definition) is 0. The minimum Gasteiger partial charge on any atom is -0.295 e. The van der Waals surface area contributed by atoms with E-state index in [1.807, 2.05) is 0 Å². The second-order valence-corrected chi connectivity index (χ2v) is 5.91. The van der Waals surface area contributed by atoms with Crippen LogP contribution in [0.1, 0.15) is 12.2 Å². The molecular formula is C9H9ClFN3O3S. The zero-order chi connectivity index (χ0) is 13.5. The number of aromatic nitrogens is 2. The van der Waals surface area contributed by atoms with E-state index in [4.69, 9.17) is 11.6 Å². The number of amides is 1. The smallest absolute Gasteiger partial charge is 0.295 e. The van der Waals surface area contributed by atoms with Gasteiger partial charge in [0.1, 0.15) is 22.0 Å². The highest BCUT2D eigenvalue weighted by atomic mass is 35.5. The van der Waals surface area contributed by atoms with E-state index in [9.17, 15) is 17.1 Å². The lowest BCUT2D eigenvalue weighted by molar-refractivity contribution is -0.117. The number of nitrogens with zero attached hydrogens (tertiary/aromatic N) is 3. The van der Waals surface area contributed by atoms with Gasteiger partial charge in [-0.1, -0.05) is 11.6 Å². The maximum atomic E-state index is 12.8. The molecule has 2 rings (SSSR count). The summed E-state index contributed by atoms with van der Waals surface area (Å²) >= 11 is 5.72. The third-order valence-corrected chi connectivity index (χ3v) is 3.86. The number of carbonyl (C=O) groups is 1. The van der Waals surface area contributed by atoms with Gasteiger partial charge in [0, 0.05) is 19.0 Å². The van der Waals surface area contributed by atoms with Crippen molar-refractivity contribution in [1.82, 2.24) is 9.97 Å². The van der Waals surface area contributed by atoms with E-state index in [-0.39, 0.29) is 23.9 Å². The van der Waals surface area contributed by atoms with Crippen LogP contribution in [0.2, 0.25) is 5.15 Å². The molecule has 1 unspecified atom stereocenters. The SMILES string of the molecule is Cc1nc(Cl)cc(N2CC(S(=O)(=O)F)CC2=O)n1. The number of aryl methyl sites for hydroxylation is 1. The van der Waals surface area contributed by atoms with Gasteiger partial charge < -0.3 is 0 Å². The van der Waals surface area contributed by atoms with Crippen LogP contribution in [0.25, 0.3) is 0 Å². The summed E-state index contributed by atoms with van der Waals surface area (Å²) in [5, 5.41) is -1.21. The normalized spacial score (nSPS) is 20.5. The molecule has 1 aromatic heterocycles. The van der Waals surface area contributed by atoms with E-state index in [0.29, 0.717) is 5.82 Å². The first-order chi connectivity index (χ1) is 8.27. The fraction of sp³-hybridized carbons (Fsp3) is 0.444. The summed E-state index contributed by atoms with van der Waals surface area (Å²) in [5.41, 5.74) is 0. The highest BCUT2D eigenvalue weighted by molar-refractivity contribution is 7.87. The predicted octanol–water partition coefficient (Wildman–Crippen LogP) is 0.843. The molecule has 0 aliphatic carbocycles. The van der Waals surface area contributed by atoms with Gasteiger partial charge >= 0.3 is 10.2 Å². The molecule has 9 heteroatoms. The number of carbonyl (C=O) groups excluding carboxylic acids is 1. The molecular weight excluding hydrogens is 285 g/mol. The molecule has 1 atom stereocenters. The van der Waals surface area contributed by atoms with Crippen molar-refractivity contribution in [3.05, 3.63) is 17.0 Å². The first-order valence-corrected chi connectivity index (χ1v) is 6.85. The summed E-state index contributed by atoms with van der Waals surface area (Å²) in [6, 6.07) is 1.33. The Hall–Kier alpha value is -1.28. The van der Waals surface area contributed by atoms with Crippen LogP contribution in [0, 0.1) is 6.92 Å². The molecule has 1 aromatic rings. The first kappa shape index (κ1) is 13.2. The Morgan fingerprint density at radius 2 is 2.17 bits per heavy atom. The lowest BCUT2D eigenvalue weighted by atomic mass is 10.4. The molecule has 0 spiro atoms. The minimum atomic E-state index is -4.74.